The molecule has 0 bridgehead atoms. The second kappa shape index (κ2) is 19.6. The summed E-state index contributed by atoms with van der Waals surface area (Å²) < 4.78 is 33.5. The normalized spacial score (nSPS) is 17.6. The predicted molar refractivity (Wildman–Crippen MR) is 174 cm³/mol. The van der Waals surface area contributed by atoms with Crippen molar-refractivity contribution < 1.29 is 38.0 Å². The Balaban J connectivity index is 1.40. The van der Waals surface area contributed by atoms with E-state index in [0.29, 0.717) is 97.0 Å². The highest BCUT2D eigenvalue weighted by Gasteiger charge is 2.25. The molecule has 0 amide bonds. The number of rotatable bonds is 7. The summed E-state index contributed by atoms with van der Waals surface area (Å²) in [5.74, 6) is -0.964. The van der Waals surface area contributed by atoms with Crippen molar-refractivity contribution in [3.05, 3.63) is 89.0 Å². The zero-order valence-electron chi connectivity index (χ0n) is 27.2. The second-order valence-electron chi connectivity index (χ2n) is 10.8. The zero-order valence-corrected chi connectivity index (χ0v) is 27.2. The molecule has 0 radical (unpaired) electrons. The summed E-state index contributed by atoms with van der Waals surface area (Å²) in [5.41, 5.74) is 9.60. The molecule has 3 heterocycles. The second-order valence-corrected chi connectivity index (χ2v) is 10.8. The Morgan fingerprint density at radius 3 is 1.77 bits per heavy atom. The number of nitrogens with two attached hydrogens (primary N) is 1. The Morgan fingerprint density at radius 2 is 1.21 bits per heavy atom. The molecule has 1 atom stereocenters. The number of hydrogen-bond acceptors (Lipinski definition) is 13. The van der Waals surface area contributed by atoms with E-state index < -0.39 is 11.9 Å². The van der Waals surface area contributed by atoms with Gasteiger partial charge in [0.25, 0.3) is 0 Å². The molecule has 47 heavy (non-hydrogen) atoms. The molecule has 3 aromatic rings. The molecule has 0 saturated carbocycles. The van der Waals surface area contributed by atoms with Gasteiger partial charge in [0.05, 0.1) is 84.5 Å². The van der Waals surface area contributed by atoms with Crippen LogP contribution in [0, 0.1) is 0 Å². The maximum atomic E-state index is 12.3. The first-order valence-electron chi connectivity index (χ1n) is 15.7. The van der Waals surface area contributed by atoms with Crippen molar-refractivity contribution in [2.24, 2.45) is 0 Å². The highest BCUT2D eigenvalue weighted by molar-refractivity contribution is 5.87. The molecule has 1 unspecified atom stereocenters. The summed E-state index contributed by atoms with van der Waals surface area (Å²) in [5, 5.41) is 0. The topological polar surface area (TPSA) is 148 Å². The van der Waals surface area contributed by atoms with Gasteiger partial charge >= 0.3 is 11.9 Å². The van der Waals surface area contributed by atoms with Crippen LogP contribution in [0.1, 0.15) is 44.0 Å². The van der Waals surface area contributed by atoms with Gasteiger partial charge in [0.15, 0.2) is 0 Å². The number of nitrogen functional groups attached to an aromatic ring is 1. The number of aromatic nitrogens is 2. The molecule has 2 aromatic heterocycles. The summed E-state index contributed by atoms with van der Waals surface area (Å²) in [6.45, 7) is 6.61. The van der Waals surface area contributed by atoms with E-state index in [1.807, 2.05) is 36.4 Å². The maximum Gasteiger partial charge on any atom is 0.356 e. The van der Waals surface area contributed by atoms with E-state index in [1.54, 1.807) is 24.3 Å². The van der Waals surface area contributed by atoms with E-state index in [1.165, 1.54) is 14.2 Å². The summed E-state index contributed by atoms with van der Waals surface area (Å²) in [4.78, 5) is 37.7. The largest absolute Gasteiger partial charge is 0.464 e. The van der Waals surface area contributed by atoms with Crippen molar-refractivity contribution in [2.75, 3.05) is 99.0 Å². The summed E-state index contributed by atoms with van der Waals surface area (Å²) in [6, 6.07) is 18.0. The average Bonchev–Trinajstić information content (AvgIpc) is 3.10. The van der Waals surface area contributed by atoms with Crippen LogP contribution in [-0.2, 0) is 35.0 Å². The number of nitrogens with zero attached hydrogens (tertiary/aromatic N) is 4. The Bertz CT molecular complexity index is 1370. The number of carbonyl (C=O) groups excluding carboxylic acids is 2. The number of pyridine rings is 2. The molecule has 0 spiro atoms. The Labute approximate surface area is 275 Å². The van der Waals surface area contributed by atoms with Gasteiger partial charge in [0.2, 0.25) is 0 Å². The number of methoxy groups -OCH3 is 2. The highest BCUT2D eigenvalue weighted by Crippen LogP contribution is 2.28. The van der Waals surface area contributed by atoms with Crippen molar-refractivity contribution in [2.45, 2.75) is 12.6 Å². The number of anilines is 1. The number of hydrogen-bond donors (Lipinski definition) is 1. The smallest absolute Gasteiger partial charge is 0.356 e. The number of carbonyl (C=O) groups is 2. The van der Waals surface area contributed by atoms with Gasteiger partial charge in [-0.25, -0.2) is 19.6 Å². The van der Waals surface area contributed by atoms with Gasteiger partial charge in [-0.1, -0.05) is 24.3 Å². The lowest BCUT2D eigenvalue weighted by atomic mass is 10.0. The highest BCUT2D eigenvalue weighted by atomic mass is 16.5. The Morgan fingerprint density at radius 1 is 0.702 bits per heavy atom. The van der Waals surface area contributed by atoms with Crippen molar-refractivity contribution in [1.29, 1.82) is 0 Å². The van der Waals surface area contributed by atoms with Crippen LogP contribution < -0.4 is 5.73 Å². The predicted octanol–water partition coefficient (Wildman–Crippen LogP) is 2.61. The van der Waals surface area contributed by atoms with Gasteiger partial charge < -0.3 is 34.2 Å². The molecule has 1 saturated heterocycles. The fourth-order valence-electron chi connectivity index (χ4n) is 5.12. The molecular weight excluding hydrogens is 606 g/mol. The zero-order chi connectivity index (χ0) is 33.3. The first-order chi connectivity index (χ1) is 23.0. The molecule has 1 aliphatic heterocycles. The first-order valence-corrected chi connectivity index (χ1v) is 15.7. The summed E-state index contributed by atoms with van der Waals surface area (Å²) in [7, 11) is 2.68. The molecule has 0 aliphatic carbocycles. The molecule has 1 aromatic carbocycles. The lowest BCUT2D eigenvalue weighted by molar-refractivity contribution is 0.00330. The van der Waals surface area contributed by atoms with Gasteiger partial charge in [-0.3, -0.25) is 9.80 Å². The van der Waals surface area contributed by atoms with Crippen LogP contribution in [0.4, 0.5) is 5.69 Å². The molecule has 4 rings (SSSR count). The third kappa shape index (κ3) is 11.6. The minimum atomic E-state index is -0.498. The number of esters is 2. The van der Waals surface area contributed by atoms with Crippen LogP contribution in [0.5, 0.6) is 0 Å². The minimum absolute atomic E-state index is 0.234. The van der Waals surface area contributed by atoms with Crippen LogP contribution >= 0.6 is 0 Å². The van der Waals surface area contributed by atoms with Crippen molar-refractivity contribution >= 4 is 17.6 Å². The van der Waals surface area contributed by atoms with E-state index in [-0.39, 0.29) is 17.4 Å². The van der Waals surface area contributed by atoms with Crippen LogP contribution in [-0.4, -0.2) is 125 Å². The molecule has 1 aliphatic rings. The van der Waals surface area contributed by atoms with Gasteiger partial charge in [-0.2, -0.15) is 0 Å². The molecule has 1 fully saturated rings. The number of ether oxygens (including phenoxy) is 6. The third-order valence-electron chi connectivity index (χ3n) is 7.54. The fourth-order valence-corrected chi connectivity index (χ4v) is 5.12. The number of benzene rings is 1. The fraction of sp³-hybridized carbons (Fsp3) is 0.471. The van der Waals surface area contributed by atoms with Crippen LogP contribution in [0.15, 0.2) is 60.7 Å². The molecule has 13 heteroatoms. The van der Waals surface area contributed by atoms with Crippen LogP contribution in [0.3, 0.4) is 0 Å². The van der Waals surface area contributed by atoms with Gasteiger partial charge in [-0.05, 0) is 42.0 Å². The summed E-state index contributed by atoms with van der Waals surface area (Å²) >= 11 is 0. The SMILES string of the molecule is COC(=O)c1cccc(CN2CCOCCOCCN(C(c3ccc(N)cc3)c3cccc(C(=O)OC)n3)CCOCCOCC2)n1. The lowest BCUT2D eigenvalue weighted by Gasteiger charge is -2.32. The van der Waals surface area contributed by atoms with E-state index in [9.17, 15) is 9.59 Å². The van der Waals surface area contributed by atoms with Crippen LogP contribution in [0.2, 0.25) is 0 Å². The quantitative estimate of drug-likeness (QED) is 0.295. The summed E-state index contributed by atoms with van der Waals surface area (Å²) in [6.07, 6.45) is 0. The van der Waals surface area contributed by atoms with Gasteiger partial charge in [-0.15, -0.1) is 0 Å². The van der Waals surface area contributed by atoms with Crippen molar-refractivity contribution in [3.8, 4) is 0 Å². The van der Waals surface area contributed by atoms with E-state index in [2.05, 4.69) is 19.8 Å². The maximum absolute atomic E-state index is 12.3. The molecule has 254 valence electrons. The molecular formula is C34H45N5O8. The monoisotopic (exact) mass is 651 g/mol. The Hall–Kier alpha value is -3.98. The minimum Gasteiger partial charge on any atom is -0.464 e. The van der Waals surface area contributed by atoms with Gasteiger partial charge in [0.1, 0.15) is 11.4 Å². The molecule has 2 N–H and O–H groups in total. The standard InChI is InChI=1S/C34H45N5O8/c1-42-33(40)30-7-3-5-28(36-30)25-38-13-17-44-21-23-46-19-15-39(16-20-47-24-22-45-18-14-38)32(26-9-11-27(35)12-10-26)29-6-4-8-31(37-29)34(41)43-2/h3-12,32H,13-25,35H2,1-2H3. The Kier molecular flexibility index (Phi) is 15.0. The first kappa shape index (κ1) is 35.9. The van der Waals surface area contributed by atoms with Crippen LogP contribution in [0.25, 0.3) is 0 Å². The van der Waals surface area contributed by atoms with E-state index in [4.69, 9.17) is 34.2 Å². The average molecular weight is 652 g/mol. The third-order valence-corrected chi connectivity index (χ3v) is 7.54. The van der Waals surface area contributed by atoms with Crippen molar-refractivity contribution in [1.82, 2.24) is 19.8 Å². The van der Waals surface area contributed by atoms with E-state index in [0.717, 1.165) is 11.3 Å². The van der Waals surface area contributed by atoms with E-state index >= 15 is 0 Å². The van der Waals surface area contributed by atoms with Crippen molar-refractivity contribution in [3.63, 3.8) is 0 Å². The lowest BCUT2D eigenvalue weighted by Crippen LogP contribution is -2.36. The molecule has 13 nitrogen and oxygen atoms in total. The van der Waals surface area contributed by atoms with Gasteiger partial charge in [0, 0.05) is 38.4 Å².